The molecule has 0 fully saturated rings. The third kappa shape index (κ3) is 3.50. The van der Waals surface area contributed by atoms with Crippen LogP contribution in [0, 0.1) is 5.82 Å². The average Bonchev–Trinajstić information content (AvgIpc) is 3.01. The van der Waals surface area contributed by atoms with Crippen molar-refractivity contribution in [1.82, 2.24) is 14.5 Å². The number of halogens is 5. The summed E-state index contributed by atoms with van der Waals surface area (Å²) in [5.74, 6) is -1.00. The van der Waals surface area contributed by atoms with Crippen molar-refractivity contribution >= 4 is 28.5 Å². The molecule has 1 N–H and O–H groups in total. The number of alkyl halides is 3. The number of benzene rings is 1. The second-order valence-electron chi connectivity index (χ2n) is 7.69. The van der Waals surface area contributed by atoms with Gasteiger partial charge < -0.3 is 14.6 Å². The summed E-state index contributed by atoms with van der Waals surface area (Å²) in [4.78, 5) is 8.52. The van der Waals surface area contributed by atoms with Gasteiger partial charge in [-0.2, -0.15) is 18.2 Å². The topological polar surface area (TPSA) is 52.0 Å². The Morgan fingerprint density at radius 1 is 1.27 bits per heavy atom. The van der Waals surface area contributed by atoms with E-state index in [2.05, 4.69) is 15.3 Å². The van der Waals surface area contributed by atoms with Gasteiger partial charge in [0.2, 0.25) is 5.28 Å². The Morgan fingerprint density at radius 2 is 2.00 bits per heavy atom. The molecule has 160 valence electrons. The Balaban J connectivity index is 1.78. The van der Waals surface area contributed by atoms with Crippen molar-refractivity contribution in [3.63, 3.8) is 0 Å². The van der Waals surface area contributed by atoms with E-state index >= 15 is 0 Å². The fourth-order valence-electron chi connectivity index (χ4n) is 3.79. The predicted molar refractivity (Wildman–Crippen MR) is 105 cm³/mol. The van der Waals surface area contributed by atoms with Crippen molar-refractivity contribution in [2.75, 3.05) is 11.9 Å². The van der Waals surface area contributed by atoms with E-state index in [-0.39, 0.29) is 10.8 Å². The summed E-state index contributed by atoms with van der Waals surface area (Å²) in [6.07, 6.45) is -4.78. The van der Waals surface area contributed by atoms with E-state index in [0.29, 0.717) is 30.0 Å². The van der Waals surface area contributed by atoms with Crippen molar-refractivity contribution in [3.05, 3.63) is 52.2 Å². The predicted octanol–water partition coefficient (Wildman–Crippen LogP) is 5.68. The first-order valence-electron chi connectivity index (χ1n) is 9.32. The Kier molecular flexibility index (Phi) is 4.93. The molecule has 0 spiro atoms. The minimum atomic E-state index is -4.78. The summed E-state index contributed by atoms with van der Waals surface area (Å²) in [5.41, 5.74) is -0.526. The SMILES string of the molecule is C[C@@H](Nc1nc(Cl)nc2c1cc1n2CCOC1(C)C)c1cccc(C(F)(F)F)c1F. The molecule has 1 atom stereocenters. The molecule has 30 heavy (non-hydrogen) atoms. The summed E-state index contributed by atoms with van der Waals surface area (Å²) in [6.45, 7) is 6.50. The quantitative estimate of drug-likeness (QED) is 0.419. The lowest BCUT2D eigenvalue weighted by Gasteiger charge is -2.31. The molecule has 3 aromatic rings. The maximum Gasteiger partial charge on any atom is 0.419 e. The number of aromatic nitrogens is 3. The molecule has 5 nitrogen and oxygen atoms in total. The molecule has 4 rings (SSSR count). The van der Waals surface area contributed by atoms with Gasteiger partial charge in [0, 0.05) is 12.1 Å². The second kappa shape index (κ2) is 7.09. The molecular weight excluding hydrogens is 424 g/mol. The maximum atomic E-state index is 14.6. The van der Waals surface area contributed by atoms with E-state index in [4.69, 9.17) is 16.3 Å². The molecule has 1 aromatic carbocycles. The summed E-state index contributed by atoms with van der Waals surface area (Å²) in [7, 11) is 0. The van der Waals surface area contributed by atoms with Gasteiger partial charge in [-0.3, -0.25) is 0 Å². The molecular formula is C20H19ClF4N4O. The number of hydrogen-bond acceptors (Lipinski definition) is 4. The van der Waals surface area contributed by atoms with Gasteiger partial charge in [0.05, 0.1) is 29.3 Å². The first kappa shape index (κ1) is 20.9. The average molecular weight is 443 g/mol. The van der Waals surface area contributed by atoms with Crippen LogP contribution in [-0.2, 0) is 23.1 Å². The zero-order chi connectivity index (χ0) is 21.8. The molecule has 1 aliphatic rings. The van der Waals surface area contributed by atoms with Crippen molar-refractivity contribution in [2.45, 2.75) is 45.1 Å². The minimum Gasteiger partial charge on any atom is -0.367 e. The third-order valence-electron chi connectivity index (χ3n) is 5.27. The Labute approximate surface area is 175 Å². The zero-order valence-electron chi connectivity index (χ0n) is 16.4. The Hall–Kier alpha value is -2.39. The van der Waals surface area contributed by atoms with Crippen LogP contribution in [0.2, 0.25) is 5.28 Å². The van der Waals surface area contributed by atoms with Crippen LogP contribution < -0.4 is 5.32 Å². The van der Waals surface area contributed by atoms with Crippen molar-refractivity contribution < 1.29 is 22.3 Å². The van der Waals surface area contributed by atoms with Gasteiger partial charge in [-0.1, -0.05) is 12.1 Å². The fraction of sp³-hybridized carbons (Fsp3) is 0.400. The highest BCUT2D eigenvalue weighted by atomic mass is 35.5. The lowest BCUT2D eigenvalue weighted by molar-refractivity contribution is -0.140. The van der Waals surface area contributed by atoms with Gasteiger partial charge in [0.1, 0.15) is 22.9 Å². The molecule has 1 aliphatic heterocycles. The number of fused-ring (bicyclic) bond motifs is 3. The van der Waals surface area contributed by atoms with Crippen LogP contribution in [0.3, 0.4) is 0 Å². The highest BCUT2D eigenvalue weighted by molar-refractivity contribution is 6.28. The van der Waals surface area contributed by atoms with Gasteiger partial charge in [-0.15, -0.1) is 0 Å². The summed E-state index contributed by atoms with van der Waals surface area (Å²) in [6, 6.07) is 4.27. The molecule has 0 saturated heterocycles. The van der Waals surface area contributed by atoms with E-state index in [1.807, 2.05) is 24.5 Å². The molecule has 0 unspecified atom stereocenters. The van der Waals surface area contributed by atoms with E-state index in [1.165, 1.54) is 12.1 Å². The van der Waals surface area contributed by atoms with E-state index < -0.39 is 29.2 Å². The van der Waals surface area contributed by atoms with Crippen LogP contribution in [0.25, 0.3) is 11.0 Å². The third-order valence-corrected chi connectivity index (χ3v) is 5.44. The van der Waals surface area contributed by atoms with Gasteiger partial charge in [0.15, 0.2) is 0 Å². The zero-order valence-corrected chi connectivity index (χ0v) is 17.2. The molecule has 0 aliphatic carbocycles. The normalized spacial score (nSPS) is 17.1. The van der Waals surface area contributed by atoms with E-state index in [9.17, 15) is 17.6 Å². The van der Waals surface area contributed by atoms with Gasteiger partial charge in [-0.05, 0) is 44.5 Å². The lowest BCUT2D eigenvalue weighted by Crippen LogP contribution is -2.32. The summed E-state index contributed by atoms with van der Waals surface area (Å²) >= 11 is 6.11. The van der Waals surface area contributed by atoms with Crippen LogP contribution in [0.1, 0.15) is 43.6 Å². The molecule has 0 amide bonds. The van der Waals surface area contributed by atoms with Gasteiger partial charge in [0.25, 0.3) is 0 Å². The second-order valence-corrected chi connectivity index (χ2v) is 8.03. The first-order chi connectivity index (χ1) is 14.0. The van der Waals surface area contributed by atoms with Crippen molar-refractivity contribution in [2.24, 2.45) is 0 Å². The highest BCUT2D eigenvalue weighted by Gasteiger charge is 2.36. The lowest BCUT2D eigenvalue weighted by atomic mass is 10.0. The number of nitrogens with one attached hydrogen (secondary N) is 1. The minimum absolute atomic E-state index is 0.0214. The largest absolute Gasteiger partial charge is 0.419 e. The standard InChI is InChI=1S/C20H19ClF4N4O/c1-10(11-5-4-6-13(15(11)22)20(23,24)25)26-16-12-9-14-19(2,3)30-8-7-29(14)17(12)28-18(21)27-16/h4-6,9-10H,7-8H2,1-3H3,(H,26,27,28)/t10-/m1/s1. The van der Waals surface area contributed by atoms with Crippen LogP contribution in [0.4, 0.5) is 23.4 Å². The smallest absolute Gasteiger partial charge is 0.367 e. The molecule has 2 aromatic heterocycles. The van der Waals surface area contributed by atoms with Gasteiger partial charge >= 0.3 is 6.18 Å². The number of ether oxygens (including phenoxy) is 1. The number of nitrogens with zero attached hydrogens (tertiary/aromatic N) is 3. The van der Waals surface area contributed by atoms with E-state index in [1.54, 1.807) is 6.92 Å². The maximum absolute atomic E-state index is 14.6. The Bertz CT molecular complexity index is 1130. The first-order valence-corrected chi connectivity index (χ1v) is 9.70. The molecule has 0 radical (unpaired) electrons. The van der Waals surface area contributed by atoms with Crippen LogP contribution in [0.15, 0.2) is 24.3 Å². The van der Waals surface area contributed by atoms with Gasteiger partial charge in [-0.25, -0.2) is 9.37 Å². The number of anilines is 1. The van der Waals surface area contributed by atoms with Crippen molar-refractivity contribution in [1.29, 1.82) is 0 Å². The highest BCUT2D eigenvalue weighted by Crippen LogP contribution is 2.38. The Morgan fingerprint density at radius 3 is 2.70 bits per heavy atom. The number of hydrogen-bond donors (Lipinski definition) is 1. The fourth-order valence-corrected chi connectivity index (χ4v) is 3.95. The molecule has 10 heteroatoms. The molecule has 0 bridgehead atoms. The summed E-state index contributed by atoms with van der Waals surface area (Å²) < 4.78 is 61.6. The molecule has 0 saturated carbocycles. The van der Waals surface area contributed by atoms with Crippen molar-refractivity contribution in [3.8, 4) is 0 Å². The number of rotatable bonds is 3. The van der Waals surface area contributed by atoms with Crippen LogP contribution in [-0.4, -0.2) is 21.1 Å². The van der Waals surface area contributed by atoms with Crippen LogP contribution >= 0.6 is 11.6 Å². The monoisotopic (exact) mass is 442 g/mol. The summed E-state index contributed by atoms with van der Waals surface area (Å²) in [5, 5.41) is 3.61. The van der Waals surface area contributed by atoms with Crippen LogP contribution in [0.5, 0.6) is 0 Å². The van der Waals surface area contributed by atoms with E-state index in [0.717, 1.165) is 11.8 Å². The molecule has 3 heterocycles.